The number of para-hydroxylation sites is 2. The van der Waals surface area contributed by atoms with Gasteiger partial charge in [0, 0.05) is 51.2 Å². The van der Waals surface area contributed by atoms with Gasteiger partial charge in [0.05, 0.1) is 0 Å². The van der Waals surface area contributed by atoms with Crippen LogP contribution in [0, 0.1) is 0 Å². The highest BCUT2D eigenvalue weighted by Crippen LogP contribution is 2.44. The standard InChI is InChI=1S/C36H31N3/c1-3-14-28(4-2)37-31-19-11-21-33(25-31)38(29-15-7-5-8-16-29)35-23-13-24-36(27-35)39(30-17-9-6-10-18-30)34-22-12-20-32(37)26-34/h3-27H,1-2H3/b14-3-,28-4+. The Bertz CT molecular complexity index is 1530. The van der Waals surface area contributed by atoms with Gasteiger partial charge in [-0.1, -0.05) is 66.7 Å². The van der Waals surface area contributed by atoms with Crippen LogP contribution >= 0.6 is 0 Å². The molecule has 0 saturated carbocycles. The second-order valence-electron chi connectivity index (χ2n) is 9.45. The van der Waals surface area contributed by atoms with Gasteiger partial charge < -0.3 is 14.7 Å². The molecule has 0 N–H and O–H groups in total. The fourth-order valence-corrected chi connectivity index (χ4v) is 5.28. The number of allylic oxidation sites excluding steroid dienone is 3. The molecular weight excluding hydrogens is 474 g/mol. The van der Waals surface area contributed by atoms with Crippen molar-refractivity contribution < 1.29 is 0 Å². The molecule has 1 aliphatic rings. The van der Waals surface area contributed by atoms with Gasteiger partial charge in [0.15, 0.2) is 0 Å². The van der Waals surface area contributed by atoms with Crippen molar-refractivity contribution in [2.45, 2.75) is 13.8 Å². The summed E-state index contributed by atoms with van der Waals surface area (Å²) in [5.41, 5.74) is 9.92. The Balaban J connectivity index is 1.69. The van der Waals surface area contributed by atoms with Gasteiger partial charge in [0.2, 0.25) is 0 Å². The number of rotatable bonds is 4. The highest BCUT2D eigenvalue weighted by molar-refractivity contribution is 5.87. The number of hydrogen-bond acceptors (Lipinski definition) is 3. The zero-order valence-corrected chi connectivity index (χ0v) is 22.3. The highest BCUT2D eigenvalue weighted by Gasteiger charge is 2.21. The van der Waals surface area contributed by atoms with Crippen molar-refractivity contribution in [1.29, 1.82) is 0 Å². The van der Waals surface area contributed by atoms with E-state index >= 15 is 0 Å². The van der Waals surface area contributed by atoms with Gasteiger partial charge in [-0.15, -0.1) is 0 Å². The second kappa shape index (κ2) is 10.8. The van der Waals surface area contributed by atoms with Crippen LogP contribution in [0.2, 0.25) is 0 Å². The number of nitrogens with zero attached hydrogens (tertiary/aromatic N) is 3. The molecule has 1 aliphatic heterocycles. The molecule has 0 saturated heterocycles. The maximum atomic E-state index is 2.33. The predicted octanol–water partition coefficient (Wildman–Crippen LogP) is 10.6. The Kier molecular flexibility index (Phi) is 6.71. The zero-order chi connectivity index (χ0) is 26.6. The van der Waals surface area contributed by atoms with E-state index in [2.05, 4.69) is 180 Å². The first kappa shape index (κ1) is 24.3. The summed E-state index contributed by atoms with van der Waals surface area (Å²) in [6.45, 7) is 4.16. The SMILES string of the molecule is C/C=C\C(=C/C)N1c2cccc(c2)N(c2ccccc2)c2cccc(c2)N(c2ccccc2)c2cccc1c2. The fraction of sp³-hybridized carbons (Fsp3) is 0.0556. The Morgan fingerprint density at radius 2 is 0.795 bits per heavy atom. The molecule has 1 heterocycles. The predicted molar refractivity (Wildman–Crippen MR) is 167 cm³/mol. The van der Waals surface area contributed by atoms with Gasteiger partial charge in [-0.05, 0) is 98.8 Å². The molecule has 5 aromatic carbocycles. The molecule has 3 heteroatoms. The summed E-state index contributed by atoms with van der Waals surface area (Å²) in [5.74, 6) is 0. The smallest absolute Gasteiger partial charge is 0.0482 e. The second-order valence-corrected chi connectivity index (χ2v) is 9.45. The summed E-state index contributed by atoms with van der Waals surface area (Å²) < 4.78 is 0. The van der Waals surface area contributed by atoms with Crippen molar-refractivity contribution in [3.05, 3.63) is 157 Å². The first-order valence-electron chi connectivity index (χ1n) is 13.4. The molecule has 39 heavy (non-hydrogen) atoms. The van der Waals surface area contributed by atoms with E-state index in [9.17, 15) is 0 Å². The van der Waals surface area contributed by atoms with Crippen molar-refractivity contribution in [2.24, 2.45) is 0 Å². The summed E-state index contributed by atoms with van der Waals surface area (Å²) in [4.78, 5) is 6.99. The lowest BCUT2D eigenvalue weighted by Gasteiger charge is -2.33. The Hall–Kier alpha value is -5.02. The van der Waals surface area contributed by atoms with Crippen LogP contribution in [0.4, 0.5) is 45.5 Å². The normalized spacial score (nSPS) is 13.3. The zero-order valence-electron chi connectivity index (χ0n) is 22.3. The third-order valence-electron chi connectivity index (χ3n) is 6.96. The third kappa shape index (κ3) is 4.71. The van der Waals surface area contributed by atoms with Crippen molar-refractivity contribution in [1.82, 2.24) is 0 Å². The van der Waals surface area contributed by atoms with Crippen molar-refractivity contribution in [3.63, 3.8) is 0 Å². The molecule has 0 spiro atoms. The molecule has 0 amide bonds. The first-order valence-corrected chi connectivity index (χ1v) is 13.4. The molecule has 190 valence electrons. The van der Waals surface area contributed by atoms with Crippen LogP contribution in [0.3, 0.4) is 0 Å². The molecule has 6 bridgehead atoms. The lowest BCUT2D eigenvalue weighted by molar-refractivity contribution is 1.17. The average Bonchev–Trinajstić information content (AvgIpc) is 2.99. The van der Waals surface area contributed by atoms with Crippen LogP contribution in [0.25, 0.3) is 0 Å². The van der Waals surface area contributed by atoms with E-state index in [0.717, 1.165) is 51.2 Å². The van der Waals surface area contributed by atoms with Crippen LogP contribution in [0.1, 0.15) is 13.8 Å². The summed E-state index contributed by atoms with van der Waals surface area (Å²) in [7, 11) is 0. The maximum absolute atomic E-state index is 2.33. The van der Waals surface area contributed by atoms with Crippen LogP contribution in [-0.4, -0.2) is 0 Å². The molecule has 0 fully saturated rings. The van der Waals surface area contributed by atoms with Crippen molar-refractivity contribution in [3.8, 4) is 0 Å². The molecule has 0 radical (unpaired) electrons. The molecular formula is C36H31N3. The number of benzene rings is 5. The summed E-state index contributed by atoms with van der Waals surface area (Å²) in [6, 6.07) is 47.5. The van der Waals surface area contributed by atoms with Gasteiger partial charge >= 0.3 is 0 Å². The summed E-state index contributed by atoms with van der Waals surface area (Å²) in [6.07, 6.45) is 6.42. The quantitative estimate of drug-likeness (QED) is 0.225. The molecule has 0 aromatic heterocycles. The lowest BCUT2D eigenvalue weighted by Crippen LogP contribution is -2.18. The minimum atomic E-state index is 1.10. The van der Waals surface area contributed by atoms with Crippen LogP contribution in [0.5, 0.6) is 0 Å². The summed E-state index contributed by atoms with van der Waals surface area (Å²) in [5, 5.41) is 0. The van der Waals surface area contributed by atoms with E-state index in [1.165, 1.54) is 0 Å². The van der Waals surface area contributed by atoms with E-state index in [0.29, 0.717) is 0 Å². The van der Waals surface area contributed by atoms with Crippen molar-refractivity contribution >= 4 is 45.5 Å². The lowest BCUT2D eigenvalue weighted by atomic mass is 10.1. The highest BCUT2D eigenvalue weighted by atomic mass is 15.2. The van der Waals surface area contributed by atoms with Gasteiger partial charge in [-0.25, -0.2) is 0 Å². The maximum Gasteiger partial charge on any atom is 0.0482 e. The third-order valence-corrected chi connectivity index (χ3v) is 6.96. The van der Waals surface area contributed by atoms with Crippen LogP contribution in [-0.2, 0) is 0 Å². The largest absolute Gasteiger partial charge is 0.311 e. The molecule has 0 aliphatic carbocycles. The van der Waals surface area contributed by atoms with E-state index in [-0.39, 0.29) is 0 Å². The van der Waals surface area contributed by atoms with E-state index in [1.54, 1.807) is 0 Å². The summed E-state index contributed by atoms with van der Waals surface area (Å²) >= 11 is 0. The van der Waals surface area contributed by atoms with E-state index in [1.807, 2.05) is 0 Å². The topological polar surface area (TPSA) is 9.72 Å². The Morgan fingerprint density at radius 3 is 1.18 bits per heavy atom. The monoisotopic (exact) mass is 505 g/mol. The average molecular weight is 506 g/mol. The molecule has 6 rings (SSSR count). The molecule has 5 aromatic rings. The molecule has 3 nitrogen and oxygen atoms in total. The fourth-order valence-electron chi connectivity index (χ4n) is 5.28. The number of hydrogen-bond donors (Lipinski definition) is 0. The minimum Gasteiger partial charge on any atom is -0.311 e. The van der Waals surface area contributed by atoms with Gasteiger partial charge in [0.1, 0.15) is 0 Å². The molecule has 0 atom stereocenters. The van der Waals surface area contributed by atoms with Crippen LogP contribution in [0.15, 0.2) is 157 Å². The van der Waals surface area contributed by atoms with Crippen LogP contribution < -0.4 is 14.7 Å². The molecule has 0 unspecified atom stereocenters. The van der Waals surface area contributed by atoms with E-state index < -0.39 is 0 Å². The minimum absolute atomic E-state index is 1.10. The van der Waals surface area contributed by atoms with Gasteiger partial charge in [-0.2, -0.15) is 0 Å². The first-order chi connectivity index (χ1) is 19.3. The number of anilines is 8. The Labute approximate surface area is 231 Å². The van der Waals surface area contributed by atoms with Gasteiger partial charge in [0.25, 0.3) is 0 Å². The Morgan fingerprint density at radius 1 is 0.436 bits per heavy atom. The van der Waals surface area contributed by atoms with Gasteiger partial charge in [-0.3, -0.25) is 0 Å². The van der Waals surface area contributed by atoms with E-state index in [4.69, 9.17) is 0 Å². The van der Waals surface area contributed by atoms with Crippen molar-refractivity contribution in [2.75, 3.05) is 14.7 Å². The number of fused-ring (bicyclic) bond motifs is 6.